The predicted molar refractivity (Wildman–Crippen MR) is 124 cm³/mol. The molecular formula is C26H23F4N3O2. The Balaban J connectivity index is 1.66. The molecule has 0 spiro atoms. The molecule has 0 radical (unpaired) electrons. The van der Waals surface area contributed by atoms with Crippen LogP contribution < -0.4 is 10.1 Å². The molecule has 182 valence electrons. The van der Waals surface area contributed by atoms with Crippen LogP contribution in [0.3, 0.4) is 0 Å². The Kier molecular flexibility index (Phi) is 6.51. The van der Waals surface area contributed by atoms with Crippen molar-refractivity contribution in [3.8, 4) is 11.4 Å². The molecule has 0 unspecified atom stereocenters. The molecule has 0 bridgehead atoms. The van der Waals surface area contributed by atoms with Gasteiger partial charge in [0, 0.05) is 5.39 Å². The summed E-state index contributed by atoms with van der Waals surface area (Å²) in [6.07, 6.45) is 0.649. The topological polar surface area (TPSA) is 56.1 Å². The number of aromatic nitrogens is 2. The molecule has 1 aromatic heterocycles. The van der Waals surface area contributed by atoms with Crippen molar-refractivity contribution in [3.63, 3.8) is 0 Å². The molecule has 3 aromatic carbocycles. The van der Waals surface area contributed by atoms with Gasteiger partial charge in [-0.25, -0.2) is 22.2 Å². The van der Waals surface area contributed by atoms with Crippen molar-refractivity contribution < 1.29 is 27.1 Å². The lowest BCUT2D eigenvalue weighted by atomic mass is 10.0. The summed E-state index contributed by atoms with van der Waals surface area (Å²) in [5.41, 5.74) is -0.481. The normalized spacial score (nSPS) is 13.5. The quantitative estimate of drug-likeness (QED) is 0.336. The van der Waals surface area contributed by atoms with Crippen molar-refractivity contribution >= 4 is 16.8 Å². The lowest BCUT2D eigenvalue weighted by molar-refractivity contribution is -0.132. The summed E-state index contributed by atoms with van der Waals surface area (Å²) in [4.78, 5) is 12.2. The smallest absolute Gasteiger partial charge is 0.257 e. The number of benzene rings is 3. The zero-order valence-corrected chi connectivity index (χ0v) is 19.2. The van der Waals surface area contributed by atoms with Crippen LogP contribution in [0, 0.1) is 17.5 Å². The molecule has 4 aromatic rings. The fourth-order valence-electron chi connectivity index (χ4n) is 3.62. The van der Waals surface area contributed by atoms with Crippen molar-refractivity contribution in [1.29, 1.82) is 0 Å². The third-order valence-corrected chi connectivity index (χ3v) is 5.50. The molecule has 0 aliphatic heterocycles. The third kappa shape index (κ3) is 5.29. The van der Waals surface area contributed by atoms with Crippen LogP contribution in [0.5, 0.6) is 5.75 Å². The zero-order valence-electron chi connectivity index (χ0n) is 19.2. The Morgan fingerprint density at radius 3 is 2.37 bits per heavy atom. The summed E-state index contributed by atoms with van der Waals surface area (Å²) < 4.78 is 62.6. The highest BCUT2D eigenvalue weighted by atomic mass is 19.2. The van der Waals surface area contributed by atoms with E-state index in [0.717, 1.165) is 31.5 Å². The van der Waals surface area contributed by atoms with Crippen LogP contribution in [0.25, 0.3) is 16.6 Å². The molecule has 1 amide bonds. The number of nitrogens with zero attached hydrogens (tertiary/aromatic N) is 2. The Hall–Kier alpha value is -3.88. The first-order valence-electron chi connectivity index (χ1n) is 10.9. The maximum absolute atomic E-state index is 14.1. The second-order valence-electron chi connectivity index (χ2n) is 8.70. The van der Waals surface area contributed by atoms with Crippen LogP contribution >= 0.6 is 0 Å². The minimum absolute atomic E-state index is 0.260. The van der Waals surface area contributed by atoms with Crippen LogP contribution in [-0.4, -0.2) is 27.4 Å². The third-order valence-electron chi connectivity index (χ3n) is 5.50. The largest absolute Gasteiger partial charge is 0.484 e. The fourth-order valence-corrected chi connectivity index (χ4v) is 3.62. The molecule has 1 N–H and O–H groups in total. The Labute approximate surface area is 199 Å². The first-order valence-corrected chi connectivity index (χ1v) is 10.9. The summed E-state index contributed by atoms with van der Waals surface area (Å²) in [5.74, 6) is -2.95. The summed E-state index contributed by atoms with van der Waals surface area (Å²) in [6, 6.07) is 13.5. The lowest BCUT2D eigenvalue weighted by Gasteiger charge is -2.28. The maximum atomic E-state index is 14.1. The van der Waals surface area contributed by atoms with Gasteiger partial charge in [-0.3, -0.25) is 4.79 Å². The molecule has 0 fully saturated rings. The van der Waals surface area contributed by atoms with Gasteiger partial charge in [-0.1, -0.05) is 6.07 Å². The van der Waals surface area contributed by atoms with E-state index in [1.165, 1.54) is 18.2 Å². The highest BCUT2D eigenvalue weighted by molar-refractivity contribution is 5.84. The Bertz CT molecular complexity index is 1360. The van der Waals surface area contributed by atoms with Crippen molar-refractivity contribution in [1.82, 2.24) is 15.1 Å². The predicted octanol–water partition coefficient (Wildman–Crippen LogP) is 5.82. The van der Waals surface area contributed by atoms with Crippen LogP contribution in [-0.2, 0) is 4.79 Å². The van der Waals surface area contributed by atoms with Crippen molar-refractivity contribution in [2.75, 3.05) is 0 Å². The number of hydrogen-bond donors (Lipinski definition) is 1. The number of halogens is 4. The van der Waals surface area contributed by atoms with Gasteiger partial charge in [0.05, 0.1) is 23.4 Å². The van der Waals surface area contributed by atoms with E-state index in [4.69, 9.17) is 4.74 Å². The fraction of sp³-hybridized carbons (Fsp3) is 0.231. The minimum Gasteiger partial charge on any atom is -0.484 e. The van der Waals surface area contributed by atoms with E-state index < -0.39 is 35.4 Å². The van der Waals surface area contributed by atoms with E-state index in [2.05, 4.69) is 10.4 Å². The first kappa shape index (κ1) is 24.3. The summed E-state index contributed by atoms with van der Waals surface area (Å²) in [6.45, 7) is 3.82. The van der Waals surface area contributed by atoms with Gasteiger partial charge in [0.2, 0.25) is 0 Å². The Morgan fingerprint density at radius 1 is 1.00 bits per heavy atom. The van der Waals surface area contributed by atoms with E-state index in [1.54, 1.807) is 48.1 Å². The molecular weight excluding hydrogens is 462 g/mol. The summed E-state index contributed by atoms with van der Waals surface area (Å²) in [7, 11) is 0. The number of hydrogen-bond acceptors (Lipinski definition) is 3. The number of rotatable bonds is 7. The number of carbonyl (C=O) groups is 1. The number of carbonyl (C=O) groups excluding carboxylic acids is 1. The number of fused-ring (bicyclic) bond motifs is 1. The van der Waals surface area contributed by atoms with E-state index in [-0.39, 0.29) is 11.4 Å². The van der Waals surface area contributed by atoms with E-state index in [0.29, 0.717) is 16.8 Å². The molecule has 0 aliphatic rings. The maximum Gasteiger partial charge on any atom is 0.257 e. The molecule has 5 nitrogen and oxygen atoms in total. The number of amides is 1. The van der Waals surface area contributed by atoms with E-state index in [9.17, 15) is 22.4 Å². The molecule has 9 heteroatoms. The molecule has 0 aliphatic carbocycles. The highest BCUT2D eigenvalue weighted by Crippen LogP contribution is 2.30. The summed E-state index contributed by atoms with van der Waals surface area (Å²) in [5, 5.41) is 7.59. The van der Waals surface area contributed by atoms with Crippen LogP contribution in [0.4, 0.5) is 17.6 Å². The minimum atomic E-state index is -2.14. The van der Waals surface area contributed by atoms with Gasteiger partial charge in [0.15, 0.2) is 17.3 Å². The van der Waals surface area contributed by atoms with E-state index in [1.807, 2.05) is 0 Å². The SMILES string of the molecule is C[C@H](NC(=O)C(C)(C)F)[C@@H](Oc1ccc2c(cnn2-c2ccc(F)cc2)c1)c1ccc(F)c(F)c1. The van der Waals surface area contributed by atoms with Gasteiger partial charge in [0.1, 0.15) is 17.7 Å². The second kappa shape index (κ2) is 9.40. The standard InChI is InChI=1S/C26H23F4N3O2/c1-15(32-25(34)26(2,3)30)24(16-4-10-21(28)22(29)13-16)35-20-9-11-23-17(12-20)14-31-33(23)19-7-5-18(27)6-8-19/h4-15,24H,1-3H3,(H,32,34)/t15-,24+/m0/s1. The van der Waals surface area contributed by atoms with E-state index >= 15 is 0 Å². The average Bonchev–Trinajstić information content (AvgIpc) is 3.22. The number of ether oxygens (including phenoxy) is 1. The van der Waals surface area contributed by atoms with Crippen molar-refractivity contribution in [2.45, 2.75) is 38.6 Å². The molecule has 2 atom stereocenters. The van der Waals surface area contributed by atoms with Crippen LogP contribution in [0.2, 0.25) is 0 Å². The zero-order chi connectivity index (χ0) is 25.3. The number of nitrogens with one attached hydrogen (secondary N) is 1. The Morgan fingerprint density at radius 2 is 1.71 bits per heavy atom. The average molecular weight is 485 g/mol. The monoisotopic (exact) mass is 485 g/mol. The van der Waals surface area contributed by atoms with Gasteiger partial charge < -0.3 is 10.1 Å². The second-order valence-corrected chi connectivity index (χ2v) is 8.70. The summed E-state index contributed by atoms with van der Waals surface area (Å²) >= 11 is 0. The van der Waals surface area contributed by atoms with Crippen molar-refractivity contribution in [3.05, 3.63) is 89.9 Å². The van der Waals surface area contributed by atoms with Gasteiger partial charge in [0.25, 0.3) is 5.91 Å². The molecule has 0 saturated carbocycles. The van der Waals surface area contributed by atoms with Gasteiger partial charge >= 0.3 is 0 Å². The molecule has 0 saturated heterocycles. The molecule has 35 heavy (non-hydrogen) atoms. The van der Waals surface area contributed by atoms with Gasteiger partial charge in [-0.05, 0) is 80.9 Å². The molecule has 1 heterocycles. The van der Waals surface area contributed by atoms with Gasteiger partial charge in [-0.15, -0.1) is 0 Å². The lowest BCUT2D eigenvalue weighted by Crippen LogP contribution is -2.46. The van der Waals surface area contributed by atoms with Crippen LogP contribution in [0.15, 0.2) is 66.9 Å². The highest BCUT2D eigenvalue weighted by Gasteiger charge is 2.31. The van der Waals surface area contributed by atoms with Gasteiger partial charge in [-0.2, -0.15) is 5.10 Å². The number of alkyl halides is 1. The molecule has 4 rings (SSSR count). The van der Waals surface area contributed by atoms with Crippen LogP contribution in [0.1, 0.15) is 32.4 Å². The first-order chi connectivity index (χ1) is 16.5. The van der Waals surface area contributed by atoms with Crippen molar-refractivity contribution in [2.24, 2.45) is 0 Å².